The second-order valence-electron chi connectivity index (χ2n) is 9.42. The third-order valence-corrected chi connectivity index (χ3v) is 6.99. The number of hydrogen-bond acceptors (Lipinski definition) is 3. The van der Waals surface area contributed by atoms with Gasteiger partial charge in [-0.05, 0) is 59.4 Å². The zero-order chi connectivity index (χ0) is 22.3. The summed E-state index contributed by atoms with van der Waals surface area (Å²) in [6.07, 6.45) is 1.77. The molecule has 3 nitrogen and oxygen atoms in total. The van der Waals surface area contributed by atoms with Crippen molar-refractivity contribution in [2.24, 2.45) is 5.92 Å². The number of fused-ring (bicyclic) bond motifs is 1. The zero-order valence-corrected chi connectivity index (χ0v) is 19.1. The van der Waals surface area contributed by atoms with Gasteiger partial charge in [0.15, 0.2) is 5.78 Å². The smallest absolute Gasteiger partial charge is 0.333 e. The first-order chi connectivity index (χ1) is 14.0. The van der Waals surface area contributed by atoms with E-state index in [0.717, 1.165) is 11.1 Å². The largest absolute Gasteiger partial charge is 0.463 e. The minimum absolute atomic E-state index is 0.0172. The molecule has 2 aromatic carbocycles. The summed E-state index contributed by atoms with van der Waals surface area (Å²) in [6.45, 7) is 15.3. The lowest BCUT2D eigenvalue weighted by molar-refractivity contribution is -0.138. The Balaban J connectivity index is 1.88. The Morgan fingerprint density at radius 2 is 1.50 bits per heavy atom. The second kappa shape index (κ2) is 7.86. The van der Waals surface area contributed by atoms with Crippen molar-refractivity contribution in [3.63, 3.8) is 0 Å². The highest BCUT2D eigenvalue weighted by molar-refractivity contribution is 6.09. The molecule has 0 spiro atoms. The summed E-state index contributed by atoms with van der Waals surface area (Å²) in [6, 6.07) is 13.5. The molecule has 1 unspecified atom stereocenters. The Hall–Kier alpha value is -2.68. The van der Waals surface area contributed by atoms with Crippen molar-refractivity contribution < 1.29 is 14.3 Å². The molecule has 0 aromatic heterocycles. The highest BCUT2D eigenvalue weighted by atomic mass is 16.5. The number of carbonyl (C=O) groups excluding carboxylic acids is 2. The van der Waals surface area contributed by atoms with Crippen LogP contribution in [0.5, 0.6) is 0 Å². The Morgan fingerprint density at radius 3 is 2.10 bits per heavy atom. The maximum absolute atomic E-state index is 13.1. The summed E-state index contributed by atoms with van der Waals surface area (Å²) in [5.41, 5.74) is 5.49. The molecular weight excluding hydrogens is 372 g/mol. The number of hydrogen-bond donors (Lipinski definition) is 0. The minimum Gasteiger partial charge on any atom is -0.463 e. The van der Waals surface area contributed by atoms with Crippen molar-refractivity contribution in [2.75, 3.05) is 6.61 Å². The SMILES string of the molecule is CCOC(=O)C(C)=Cc1ccc(C(=O)c2ccc3c(c2)C(C)(C)C(C)C3(C)C)cc1. The molecule has 0 amide bonds. The van der Waals surface area contributed by atoms with Crippen molar-refractivity contribution in [3.8, 4) is 0 Å². The number of carbonyl (C=O) groups is 2. The van der Waals surface area contributed by atoms with Gasteiger partial charge in [0.1, 0.15) is 0 Å². The molecule has 158 valence electrons. The summed E-state index contributed by atoms with van der Waals surface area (Å²) >= 11 is 0. The van der Waals surface area contributed by atoms with Crippen LogP contribution in [0.1, 0.15) is 81.1 Å². The van der Waals surface area contributed by atoms with E-state index in [1.54, 1.807) is 19.9 Å². The lowest BCUT2D eigenvalue weighted by atomic mass is 9.71. The van der Waals surface area contributed by atoms with Gasteiger partial charge in [-0.25, -0.2) is 4.79 Å². The fourth-order valence-electron chi connectivity index (χ4n) is 4.60. The van der Waals surface area contributed by atoms with Crippen LogP contribution in [0.25, 0.3) is 6.08 Å². The van der Waals surface area contributed by atoms with Gasteiger partial charge in [0, 0.05) is 16.7 Å². The molecule has 1 aliphatic rings. The second-order valence-corrected chi connectivity index (χ2v) is 9.42. The lowest BCUT2D eigenvalue weighted by Gasteiger charge is -2.32. The van der Waals surface area contributed by atoms with E-state index in [9.17, 15) is 9.59 Å². The van der Waals surface area contributed by atoms with Crippen molar-refractivity contribution >= 4 is 17.8 Å². The Morgan fingerprint density at radius 1 is 0.933 bits per heavy atom. The highest BCUT2D eigenvalue weighted by Crippen LogP contribution is 2.53. The van der Waals surface area contributed by atoms with Crippen molar-refractivity contribution in [3.05, 3.63) is 75.9 Å². The fraction of sp³-hybridized carbons (Fsp3) is 0.407. The van der Waals surface area contributed by atoms with Gasteiger partial charge >= 0.3 is 5.97 Å². The molecule has 3 rings (SSSR count). The first-order valence-corrected chi connectivity index (χ1v) is 10.6. The van der Waals surface area contributed by atoms with Crippen LogP contribution in [-0.2, 0) is 20.4 Å². The number of benzene rings is 2. The number of rotatable bonds is 5. The van der Waals surface area contributed by atoms with Crippen LogP contribution in [0.3, 0.4) is 0 Å². The van der Waals surface area contributed by atoms with Crippen LogP contribution < -0.4 is 0 Å². The maximum Gasteiger partial charge on any atom is 0.333 e. The average Bonchev–Trinajstić information content (AvgIpc) is 2.85. The summed E-state index contributed by atoms with van der Waals surface area (Å²) in [5.74, 6) is 0.179. The van der Waals surface area contributed by atoms with Gasteiger partial charge in [0.2, 0.25) is 0 Å². The molecule has 0 heterocycles. The van der Waals surface area contributed by atoms with E-state index in [1.807, 2.05) is 30.3 Å². The van der Waals surface area contributed by atoms with Crippen LogP contribution in [0, 0.1) is 5.92 Å². The molecule has 0 saturated heterocycles. The Kier molecular flexibility index (Phi) is 5.77. The normalized spacial score (nSPS) is 19.3. The highest BCUT2D eigenvalue weighted by Gasteiger charge is 2.48. The molecular formula is C27H32O3. The molecule has 0 saturated carbocycles. The van der Waals surface area contributed by atoms with Crippen molar-refractivity contribution in [1.82, 2.24) is 0 Å². The monoisotopic (exact) mass is 404 g/mol. The van der Waals surface area contributed by atoms with Crippen LogP contribution in [0.4, 0.5) is 0 Å². The van der Waals surface area contributed by atoms with Gasteiger partial charge in [0.05, 0.1) is 6.61 Å². The average molecular weight is 405 g/mol. The van der Waals surface area contributed by atoms with E-state index in [0.29, 0.717) is 23.7 Å². The number of esters is 1. The molecule has 0 fully saturated rings. The van der Waals surface area contributed by atoms with E-state index < -0.39 is 0 Å². The van der Waals surface area contributed by atoms with Crippen LogP contribution in [-0.4, -0.2) is 18.4 Å². The standard InChI is InChI=1S/C27H32O3/c1-8-30-25(29)17(2)15-19-9-11-20(12-10-19)24(28)21-13-14-22-23(16-21)27(6,7)18(3)26(22,4)5/h9-16,18H,8H2,1-7H3. The third-order valence-electron chi connectivity index (χ3n) is 6.99. The molecule has 0 aliphatic heterocycles. The van der Waals surface area contributed by atoms with Crippen LogP contribution in [0.2, 0.25) is 0 Å². The van der Waals surface area contributed by atoms with Gasteiger partial charge in [0.25, 0.3) is 0 Å². The maximum atomic E-state index is 13.1. The Bertz CT molecular complexity index is 1010. The van der Waals surface area contributed by atoms with E-state index in [2.05, 4.69) is 46.8 Å². The van der Waals surface area contributed by atoms with Crippen molar-refractivity contribution in [2.45, 2.75) is 59.3 Å². The minimum atomic E-state index is -0.324. The Labute approximate surface area is 180 Å². The van der Waals surface area contributed by atoms with Gasteiger partial charge in [-0.1, -0.05) is 71.0 Å². The predicted octanol–water partition coefficient (Wildman–Crippen LogP) is 6.09. The van der Waals surface area contributed by atoms with E-state index in [1.165, 1.54) is 11.1 Å². The quantitative estimate of drug-likeness (QED) is 0.344. The van der Waals surface area contributed by atoms with Crippen LogP contribution in [0.15, 0.2) is 48.0 Å². The number of ether oxygens (including phenoxy) is 1. The van der Waals surface area contributed by atoms with Gasteiger partial charge in [-0.3, -0.25) is 4.79 Å². The van der Waals surface area contributed by atoms with E-state index >= 15 is 0 Å². The molecule has 1 atom stereocenters. The predicted molar refractivity (Wildman–Crippen MR) is 122 cm³/mol. The summed E-state index contributed by atoms with van der Waals surface area (Å²) in [5, 5.41) is 0. The van der Waals surface area contributed by atoms with E-state index in [4.69, 9.17) is 4.74 Å². The van der Waals surface area contributed by atoms with Gasteiger partial charge in [-0.15, -0.1) is 0 Å². The molecule has 2 aromatic rings. The molecule has 0 N–H and O–H groups in total. The zero-order valence-electron chi connectivity index (χ0n) is 19.1. The molecule has 0 radical (unpaired) electrons. The summed E-state index contributed by atoms with van der Waals surface area (Å²) in [4.78, 5) is 24.9. The van der Waals surface area contributed by atoms with Gasteiger partial charge < -0.3 is 4.74 Å². The summed E-state index contributed by atoms with van der Waals surface area (Å²) in [7, 11) is 0. The molecule has 3 heteroatoms. The molecule has 1 aliphatic carbocycles. The first kappa shape index (κ1) is 22.0. The first-order valence-electron chi connectivity index (χ1n) is 10.6. The van der Waals surface area contributed by atoms with E-state index in [-0.39, 0.29) is 22.6 Å². The third kappa shape index (κ3) is 3.74. The van der Waals surface area contributed by atoms with Gasteiger partial charge in [-0.2, -0.15) is 0 Å². The molecule has 0 bridgehead atoms. The molecule has 30 heavy (non-hydrogen) atoms. The number of ketones is 1. The lowest BCUT2D eigenvalue weighted by Crippen LogP contribution is -2.30. The van der Waals surface area contributed by atoms with Crippen LogP contribution >= 0.6 is 0 Å². The fourth-order valence-corrected chi connectivity index (χ4v) is 4.60. The topological polar surface area (TPSA) is 43.4 Å². The van der Waals surface area contributed by atoms with Crippen molar-refractivity contribution in [1.29, 1.82) is 0 Å². The summed E-state index contributed by atoms with van der Waals surface area (Å²) < 4.78 is 5.01.